The van der Waals surface area contributed by atoms with Crippen LogP contribution in [-0.2, 0) is 4.79 Å². The summed E-state index contributed by atoms with van der Waals surface area (Å²) in [6, 6.07) is -0.457. The fourth-order valence-electron chi connectivity index (χ4n) is 1.48. The lowest BCUT2D eigenvalue weighted by Gasteiger charge is -2.22. The van der Waals surface area contributed by atoms with E-state index >= 15 is 0 Å². The Bertz CT molecular complexity index is 308. The van der Waals surface area contributed by atoms with Crippen LogP contribution in [0.25, 0.3) is 0 Å². The van der Waals surface area contributed by atoms with Crippen LogP contribution in [0.4, 0.5) is 0 Å². The van der Waals surface area contributed by atoms with Crippen LogP contribution in [0.3, 0.4) is 0 Å². The highest BCUT2D eigenvalue weighted by Gasteiger charge is 2.26. The summed E-state index contributed by atoms with van der Waals surface area (Å²) in [5.74, 6) is -0.974. The third kappa shape index (κ3) is 3.06. The lowest BCUT2D eigenvalue weighted by Crippen LogP contribution is -2.44. The van der Waals surface area contributed by atoms with Gasteiger partial charge in [-0.15, -0.1) is 0 Å². The second-order valence-electron chi connectivity index (χ2n) is 3.93. The van der Waals surface area contributed by atoms with Crippen molar-refractivity contribution in [1.29, 1.82) is 0 Å². The minimum atomic E-state index is -0.842. The highest BCUT2D eigenvalue weighted by atomic mass is 16.4. The highest BCUT2D eigenvalue weighted by Crippen LogP contribution is 2.16. The number of carboxylic acid groups (broad SMARTS) is 1. The smallest absolute Gasteiger partial charge is 0.321 e. The molecule has 0 aliphatic rings. The summed E-state index contributed by atoms with van der Waals surface area (Å²) in [7, 11) is 0. The van der Waals surface area contributed by atoms with Crippen molar-refractivity contribution < 1.29 is 9.90 Å². The molecule has 2 atom stereocenters. The Kier molecular flexibility index (Phi) is 3.85. The normalized spacial score (nSPS) is 15.2. The second kappa shape index (κ2) is 4.93. The zero-order chi connectivity index (χ0) is 11.4. The van der Waals surface area contributed by atoms with Crippen LogP contribution in [0.5, 0.6) is 0 Å². The Balaban J connectivity index is 2.76. The first-order chi connectivity index (χ1) is 7.02. The van der Waals surface area contributed by atoms with E-state index in [1.807, 2.05) is 20.8 Å². The van der Waals surface area contributed by atoms with Gasteiger partial charge in [0, 0.05) is 23.9 Å². The number of carboxylic acids is 1. The molecule has 0 saturated heterocycles. The maximum atomic E-state index is 11.1. The molecule has 15 heavy (non-hydrogen) atoms. The van der Waals surface area contributed by atoms with E-state index in [2.05, 4.69) is 15.3 Å². The third-order valence-corrected chi connectivity index (χ3v) is 2.29. The van der Waals surface area contributed by atoms with Crippen LogP contribution in [-0.4, -0.2) is 33.1 Å². The van der Waals surface area contributed by atoms with E-state index in [0.717, 1.165) is 5.69 Å². The minimum Gasteiger partial charge on any atom is -0.480 e. The van der Waals surface area contributed by atoms with Crippen molar-refractivity contribution >= 4 is 5.97 Å². The first-order valence-corrected chi connectivity index (χ1v) is 4.99. The van der Waals surface area contributed by atoms with Gasteiger partial charge in [0.1, 0.15) is 6.04 Å². The highest BCUT2D eigenvalue weighted by molar-refractivity contribution is 5.74. The number of carbonyl (C=O) groups is 1. The Labute approximate surface area is 88.9 Å². The van der Waals surface area contributed by atoms with E-state index in [1.165, 1.54) is 0 Å². The number of hydrogen-bond acceptors (Lipinski definition) is 3. The number of aromatic amines is 1. The van der Waals surface area contributed by atoms with Crippen molar-refractivity contribution in [2.45, 2.75) is 38.8 Å². The van der Waals surface area contributed by atoms with Crippen LogP contribution in [0.15, 0.2) is 12.5 Å². The van der Waals surface area contributed by atoms with Crippen LogP contribution in [0.1, 0.15) is 32.4 Å². The van der Waals surface area contributed by atoms with Crippen molar-refractivity contribution in [2.24, 2.45) is 0 Å². The van der Waals surface area contributed by atoms with Gasteiger partial charge in [0.05, 0.1) is 6.33 Å². The Hall–Kier alpha value is -1.36. The molecule has 0 saturated carbocycles. The molecule has 5 nitrogen and oxygen atoms in total. The number of nitrogens with one attached hydrogen (secondary N) is 2. The number of rotatable bonds is 5. The van der Waals surface area contributed by atoms with Gasteiger partial charge in [0.15, 0.2) is 0 Å². The van der Waals surface area contributed by atoms with Gasteiger partial charge in [-0.1, -0.05) is 20.8 Å². The predicted octanol–water partition coefficient (Wildman–Crippen LogP) is 0.964. The summed E-state index contributed by atoms with van der Waals surface area (Å²) in [6.07, 6.45) is 3.21. The Morgan fingerprint density at radius 2 is 2.20 bits per heavy atom. The predicted molar refractivity (Wildman–Crippen MR) is 56.7 cm³/mol. The lowest BCUT2D eigenvalue weighted by molar-refractivity contribution is -0.140. The Morgan fingerprint density at radius 1 is 1.53 bits per heavy atom. The molecule has 1 aromatic heterocycles. The van der Waals surface area contributed by atoms with E-state index < -0.39 is 12.0 Å². The van der Waals surface area contributed by atoms with Gasteiger partial charge in [-0.3, -0.25) is 4.79 Å². The molecule has 0 bridgehead atoms. The van der Waals surface area contributed by atoms with Crippen molar-refractivity contribution in [3.63, 3.8) is 0 Å². The second-order valence-corrected chi connectivity index (χ2v) is 3.93. The minimum absolute atomic E-state index is 0.132. The number of aromatic nitrogens is 2. The number of hydrogen-bond donors (Lipinski definition) is 3. The van der Waals surface area contributed by atoms with E-state index in [4.69, 9.17) is 5.11 Å². The molecule has 0 fully saturated rings. The van der Waals surface area contributed by atoms with E-state index in [-0.39, 0.29) is 12.0 Å². The van der Waals surface area contributed by atoms with Gasteiger partial charge in [-0.25, -0.2) is 4.98 Å². The van der Waals surface area contributed by atoms with Crippen LogP contribution in [0, 0.1) is 0 Å². The van der Waals surface area contributed by atoms with Gasteiger partial charge in [0.25, 0.3) is 0 Å². The number of aliphatic carboxylic acids is 1. The summed E-state index contributed by atoms with van der Waals surface area (Å²) >= 11 is 0. The molecule has 0 spiro atoms. The maximum absolute atomic E-state index is 11.1. The molecule has 2 unspecified atom stereocenters. The van der Waals surface area contributed by atoms with Gasteiger partial charge in [-0.05, 0) is 0 Å². The van der Waals surface area contributed by atoms with Crippen molar-refractivity contribution in [1.82, 2.24) is 15.3 Å². The molecule has 0 aliphatic heterocycles. The SMILES string of the molecule is CC(C)NC(C(=O)O)C(C)c1cnc[nH]1. The summed E-state index contributed by atoms with van der Waals surface area (Å²) < 4.78 is 0. The van der Waals surface area contributed by atoms with E-state index in [9.17, 15) is 4.79 Å². The zero-order valence-corrected chi connectivity index (χ0v) is 9.19. The van der Waals surface area contributed by atoms with Gasteiger partial charge in [-0.2, -0.15) is 0 Å². The molecule has 84 valence electrons. The van der Waals surface area contributed by atoms with E-state index in [1.54, 1.807) is 12.5 Å². The third-order valence-electron chi connectivity index (χ3n) is 2.29. The standard InChI is InChI=1S/C10H17N3O2/c1-6(2)13-9(10(14)15)7(3)8-4-11-5-12-8/h4-7,9,13H,1-3H3,(H,11,12)(H,14,15). The fourth-order valence-corrected chi connectivity index (χ4v) is 1.48. The number of H-pyrrole nitrogens is 1. The fraction of sp³-hybridized carbons (Fsp3) is 0.600. The molecule has 0 amide bonds. The van der Waals surface area contributed by atoms with Gasteiger partial charge < -0.3 is 15.4 Å². The number of imidazole rings is 1. The molecule has 0 radical (unpaired) electrons. The zero-order valence-electron chi connectivity index (χ0n) is 9.19. The molecule has 3 N–H and O–H groups in total. The first-order valence-electron chi connectivity index (χ1n) is 4.99. The summed E-state index contributed by atoms with van der Waals surface area (Å²) in [5.41, 5.74) is 0.829. The molecular weight excluding hydrogens is 194 g/mol. The molecule has 1 rings (SSSR count). The van der Waals surface area contributed by atoms with E-state index in [0.29, 0.717) is 0 Å². The maximum Gasteiger partial charge on any atom is 0.321 e. The molecule has 5 heteroatoms. The lowest BCUT2D eigenvalue weighted by atomic mass is 9.98. The summed E-state index contributed by atoms with van der Waals surface area (Å²) in [5, 5.41) is 12.1. The topological polar surface area (TPSA) is 78.0 Å². The summed E-state index contributed by atoms with van der Waals surface area (Å²) in [6.45, 7) is 5.72. The number of nitrogens with zero attached hydrogens (tertiary/aromatic N) is 1. The largest absolute Gasteiger partial charge is 0.480 e. The quantitative estimate of drug-likeness (QED) is 0.678. The van der Waals surface area contributed by atoms with Crippen LogP contribution in [0.2, 0.25) is 0 Å². The van der Waals surface area contributed by atoms with Gasteiger partial charge >= 0.3 is 5.97 Å². The van der Waals surface area contributed by atoms with Crippen molar-refractivity contribution in [3.05, 3.63) is 18.2 Å². The Morgan fingerprint density at radius 3 is 2.60 bits per heavy atom. The molecular formula is C10H17N3O2. The molecule has 1 aromatic rings. The summed E-state index contributed by atoms with van der Waals surface area (Å²) in [4.78, 5) is 17.9. The monoisotopic (exact) mass is 211 g/mol. The van der Waals surface area contributed by atoms with Gasteiger partial charge in [0.2, 0.25) is 0 Å². The van der Waals surface area contributed by atoms with Crippen LogP contribution >= 0.6 is 0 Å². The van der Waals surface area contributed by atoms with Crippen LogP contribution < -0.4 is 5.32 Å². The van der Waals surface area contributed by atoms with Crippen molar-refractivity contribution in [3.8, 4) is 0 Å². The molecule has 0 aromatic carbocycles. The molecule has 0 aliphatic carbocycles. The van der Waals surface area contributed by atoms with Crippen molar-refractivity contribution in [2.75, 3.05) is 0 Å². The average Bonchev–Trinajstić information content (AvgIpc) is 2.65. The average molecular weight is 211 g/mol. The first kappa shape index (κ1) is 11.7. The molecule has 1 heterocycles.